The maximum atomic E-state index is 13.2. The second-order valence-electron chi connectivity index (χ2n) is 17.0. The first-order valence-corrected chi connectivity index (χ1v) is 25.4. The van der Waals surface area contributed by atoms with E-state index < -0.39 is 18.2 Å². The van der Waals surface area contributed by atoms with Crippen LogP contribution in [0.15, 0.2) is 85.1 Å². The van der Waals surface area contributed by atoms with Crippen LogP contribution in [-0.4, -0.2) is 46.9 Å². The van der Waals surface area contributed by atoms with Crippen molar-refractivity contribution in [3.63, 3.8) is 0 Å². The van der Waals surface area contributed by atoms with Crippen molar-refractivity contribution in [2.75, 3.05) is 6.61 Å². The zero-order valence-corrected chi connectivity index (χ0v) is 39.8. The van der Waals surface area contributed by atoms with Crippen molar-refractivity contribution in [3.05, 3.63) is 85.1 Å². The summed E-state index contributed by atoms with van der Waals surface area (Å²) < 4.78 is 5.87. The lowest BCUT2D eigenvalue weighted by Crippen LogP contribution is -2.46. The Bertz CT molecular complexity index is 1180. The van der Waals surface area contributed by atoms with Gasteiger partial charge in [0, 0.05) is 6.42 Å². The lowest BCUT2D eigenvalue weighted by atomic mass is 10.0. The molecule has 6 heteroatoms. The van der Waals surface area contributed by atoms with Crippen LogP contribution in [-0.2, 0) is 14.3 Å². The molecule has 0 fully saturated rings. The summed E-state index contributed by atoms with van der Waals surface area (Å²) in [6.45, 7) is 6.30. The topological polar surface area (TPSA) is 95.9 Å². The molecular formula is C55H95NO5. The predicted octanol–water partition coefficient (Wildman–Crippen LogP) is 15.2. The zero-order valence-electron chi connectivity index (χ0n) is 39.8. The van der Waals surface area contributed by atoms with Gasteiger partial charge in [0.2, 0.25) is 5.91 Å². The van der Waals surface area contributed by atoms with E-state index in [-0.39, 0.29) is 31.3 Å². The van der Waals surface area contributed by atoms with Crippen LogP contribution < -0.4 is 5.32 Å². The Labute approximate surface area is 376 Å². The summed E-state index contributed by atoms with van der Waals surface area (Å²) in [6.07, 6.45) is 62.2. The molecular weight excluding hydrogens is 755 g/mol. The SMILES string of the molecule is CC/C=C/C=C/C=C\C=C/C=C/CCCC(=O)OC(CCCCC/C=C/C=C/CCCCCCCCC)CC(=O)NC(CO)C(O)CCCCCCCCCCCCCCC. The molecule has 0 heterocycles. The molecule has 0 aromatic carbocycles. The van der Waals surface area contributed by atoms with Gasteiger partial charge in [-0.05, 0) is 64.2 Å². The minimum atomic E-state index is -0.811. The van der Waals surface area contributed by atoms with Crippen molar-refractivity contribution in [2.45, 2.75) is 244 Å². The smallest absolute Gasteiger partial charge is 0.306 e. The van der Waals surface area contributed by atoms with Crippen molar-refractivity contribution >= 4 is 11.9 Å². The minimum absolute atomic E-state index is 0.0272. The van der Waals surface area contributed by atoms with Crippen molar-refractivity contribution < 1.29 is 24.5 Å². The highest BCUT2D eigenvalue weighted by Gasteiger charge is 2.24. The van der Waals surface area contributed by atoms with Gasteiger partial charge in [-0.15, -0.1) is 0 Å². The first-order chi connectivity index (χ1) is 30.0. The zero-order chi connectivity index (χ0) is 44.5. The van der Waals surface area contributed by atoms with Gasteiger partial charge in [-0.1, -0.05) is 234 Å². The standard InChI is InChI=1S/C55H95NO5/c1-4-7-10-13-16-19-22-25-26-27-30-31-34-37-40-43-46-51(61-55(60)48-45-42-39-36-33-29-24-21-18-15-12-9-6-3)49-54(59)56-52(50-57)53(58)47-44-41-38-35-32-28-23-20-17-14-11-8-5-2/h9,12,15,18,21,24,26-27,29-31,33,36,39,51-53,57-58H,4-8,10-11,13-14,16-17,19-20,22-23,25,28,32,34-35,37-38,40-50H2,1-3H3,(H,56,59)/b12-9+,18-15+,24-21-,27-26+,31-30+,33-29-,39-36+. The maximum absolute atomic E-state index is 13.2. The number of nitrogens with one attached hydrogen (secondary N) is 1. The Morgan fingerprint density at radius 1 is 0.492 bits per heavy atom. The van der Waals surface area contributed by atoms with Gasteiger partial charge >= 0.3 is 5.97 Å². The Balaban J connectivity index is 4.75. The molecule has 0 bridgehead atoms. The summed E-state index contributed by atoms with van der Waals surface area (Å²) in [5, 5.41) is 23.7. The Morgan fingerprint density at radius 2 is 0.885 bits per heavy atom. The number of aliphatic hydroxyl groups excluding tert-OH is 2. The van der Waals surface area contributed by atoms with Gasteiger partial charge in [0.05, 0.1) is 25.2 Å². The predicted molar refractivity (Wildman–Crippen MR) is 264 cm³/mol. The van der Waals surface area contributed by atoms with E-state index in [1.807, 2.05) is 54.7 Å². The van der Waals surface area contributed by atoms with E-state index in [1.165, 1.54) is 109 Å². The third-order valence-corrected chi connectivity index (χ3v) is 11.1. The molecule has 3 unspecified atom stereocenters. The highest BCUT2D eigenvalue weighted by Crippen LogP contribution is 2.17. The number of esters is 1. The molecule has 6 nitrogen and oxygen atoms in total. The van der Waals surface area contributed by atoms with E-state index in [0.29, 0.717) is 19.3 Å². The highest BCUT2D eigenvalue weighted by molar-refractivity contribution is 5.77. The van der Waals surface area contributed by atoms with Crippen LogP contribution in [0, 0.1) is 0 Å². The fraction of sp³-hybridized carbons (Fsp3) is 0.709. The molecule has 0 aromatic rings. The van der Waals surface area contributed by atoms with Crippen LogP contribution in [0.1, 0.15) is 226 Å². The van der Waals surface area contributed by atoms with E-state index >= 15 is 0 Å². The molecule has 1 amide bonds. The fourth-order valence-electron chi connectivity index (χ4n) is 7.27. The Hall–Kier alpha value is -2.96. The number of ether oxygens (including phenoxy) is 1. The molecule has 3 atom stereocenters. The van der Waals surface area contributed by atoms with Gasteiger partial charge in [0.1, 0.15) is 6.10 Å². The summed E-state index contributed by atoms with van der Waals surface area (Å²) in [5.74, 6) is -0.592. The second kappa shape index (κ2) is 48.1. The van der Waals surface area contributed by atoms with E-state index in [0.717, 1.165) is 64.2 Å². The van der Waals surface area contributed by atoms with Crippen LogP contribution in [0.3, 0.4) is 0 Å². The second-order valence-corrected chi connectivity index (χ2v) is 17.0. The van der Waals surface area contributed by atoms with Crippen molar-refractivity contribution in [2.24, 2.45) is 0 Å². The number of rotatable bonds is 44. The first-order valence-electron chi connectivity index (χ1n) is 25.4. The van der Waals surface area contributed by atoms with Gasteiger partial charge in [-0.2, -0.15) is 0 Å². The van der Waals surface area contributed by atoms with Crippen LogP contribution in [0.4, 0.5) is 0 Å². The number of carbonyl (C=O) groups excluding carboxylic acids is 2. The molecule has 0 aliphatic carbocycles. The number of aliphatic hydroxyl groups is 2. The third kappa shape index (κ3) is 43.5. The lowest BCUT2D eigenvalue weighted by molar-refractivity contribution is -0.151. The maximum Gasteiger partial charge on any atom is 0.306 e. The third-order valence-electron chi connectivity index (χ3n) is 11.1. The number of amides is 1. The van der Waals surface area contributed by atoms with E-state index in [1.54, 1.807) is 0 Å². The minimum Gasteiger partial charge on any atom is -0.462 e. The van der Waals surface area contributed by atoms with E-state index in [4.69, 9.17) is 4.74 Å². The molecule has 3 N–H and O–H groups in total. The average molecular weight is 850 g/mol. The van der Waals surface area contributed by atoms with Crippen molar-refractivity contribution in [1.82, 2.24) is 5.32 Å². The first kappa shape index (κ1) is 58.0. The van der Waals surface area contributed by atoms with Gasteiger partial charge in [0.15, 0.2) is 0 Å². The van der Waals surface area contributed by atoms with Crippen LogP contribution >= 0.6 is 0 Å². The number of carbonyl (C=O) groups is 2. The molecule has 0 radical (unpaired) electrons. The molecule has 350 valence electrons. The Morgan fingerprint density at radius 3 is 1.38 bits per heavy atom. The summed E-state index contributed by atoms with van der Waals surface area (Å²) in [7, 11) is 0. The molecule has 0 rings (SSSR count). The molecule has 0 saturated carbocycles. The normalized spacial score (nSPS) is 14.0. The molecule has 61 heavy (non-hydrogen) atoms. The average Bonchev–Trinajstić information content (AvgIpc) is 3.25. The number of allylic oxidation sites excluding steroid dienone is 14. The molecule has 0 aromatic heterocycles. The lowest BCUT2D eigenvalue weighted by Gasteiger charge is -2.24. The van der Waals surface area contributed by atoms with Gasteiger partial charge < -0.3 is 20.3 Å². The van der Waals surface area contributed by atoms with Crippen LogP contribution in [0.5, 0.6) is 0 Å². The number of unbranched alkanes of at least 4 members (excludes halogenated alkanes) is 23. The monoisotopic (exact) mass is 850 g/mol. The largest absolute Gasteiger partial charge is 0.462 e. The molecule has 0 aliphatic rings. The summed E-state index contributed by atoms with van der Waals surface area (Å²) in [6, 6.07) is -0.728. The molecule has 0 spiro atoms. The Kier molecular flexibility index (Phi) is 45.7. The molecule has 0 saturated heterocycles. The summed E-state index contributed by atoms with van der Waals surface area (Å²) >= 11 is 0. The van der Waals surface area contributed by atoms with Gasteiger partial charge in [-0.3, -0.25) is 9.59 Å². The van der Waals surface area contributed by atoms with E-state index in [2.05, 4.69) is 56.5 Å². The summed E-state index contributed by atoms with van der Waals surface area (Å²) in [5.41, 5.74) is 0. The van der Waals surface area contributed by atoms with Crippen molar-refractivity contribution in [3.8, 4) is 0 Å². The van der Waals surface area contributed by atoms with Crippen LogP contribution in [0.25, 0.3) is 0 Å². The molecule has 0 aliphatic heterocycles. The van der Waals surface area contributed by atoms with Gasteiger partial charge in [0.25, 0.3) is 0 Å². The van der Waals surface area contributed by atoms with Gasteiger partial charge in [-0.25, -0.2) is 0 Å². The summed E-state index contributed by atoms with van der Waals surface area (Å²) in [4.78, 5) is 26.1. The highest BCUT2D eigenvalue weighted by atomic mass is 16.5. The number of hydrogen-bond acceptors (Lipinski definition) is 5. The van der Waals surface area contributed by atoms with Crippen molar-refractivity contribution in [1.29, 1.82) is 0 Å². The fourth-order valence-corrected chi connectivity index (χ4v) is 7.27. The number of hydrogen-bond donors (Lipinski definition) is 3. The quantitative estimate of drug-likeness (QED) is 0.0322. The van der Waals surface area contributed by atoms with Crippen LogP contribution in [0.2, 0.25) is 0 Å². The van der Waals surface area contributed by atoms with E-state index in [9.17, 15) is 19.8 Å².